The van der Waals surface area contributed by atoms with E-state index in [1.54, 1.807) is 0 Å². The Labute approximate surface area is 87.2 Å². The Bertz CT molecular complexity index is 489. The minimum Gasteiger partial charge on any atom is -0.321 e. The first-order valence-corrected chi connectivity index (χ1v) is 7.33. The average Bonchev–Trinajstić information content (AvgIpc) is 2.00. The first-order chi connectivity index (χ1) is 6.68. The fraction of sp³-hybridized carbons (Fsp3) is 0.143. The van der Waals surface area contributed by atoms with Crippen molar-refractivity contribution < 1.29 is 22.8 Å². The highest BCUT2D eigenvalue weighted by molar-refractivity contribution is 7.92. The van der Waals surface area contributed by atoms with Gasteiger partial charge in [-0.15, -0.1) is 0 Å². The zero-order valence-corrected chi connectivity index (χ0v) is 9.49. The number of anilines is 1. The van der Waals surface area contributed by atoms with E-state index in [4.69, 9.17) is 9.79 Å². The van der Waals surface area contributed by atoms with Gasteiger partial charge in [0.25, 0.3) is 0 Å². The highest BCUT2D eigenvalue weighted by Crippen LogP contribution is 2.33. The topological polar surface area (TPSA) is 104 Å². The molecule has 0 heterocycles. The summed E-state index contributed by atoms with van der Waals surface area (Å²) in [5, 5.41) is -0.151. The van der Waals surface area contributed by atoms with Crippen molar-refractivity contribution in [3.8, 4) is 0 Å². The van der Waals surface area contributed by atoms with E-state index in [1.807, 2.05) is 0 Å². The minimum absolute atomic E-state index is 0.151. The molecule has 84 valence electrons. The molecule has 8 heteroatoms. The van der Waals surface area contributed by atoms with Crippen LogP contribution in [0.4, 0.5) is 5.69 Å². The number of hydrogen-bond acceptors (Lipinski definition) is 3. The zero-order chi connectivity index (χ0) is 11.7. The lowest BCUT2D eigenvalue weighted by molar-refractivity contribution is 0.387. The Kier molecular flexibility index (Phi) is 3.20. The zero-order valence-electron chi connectivity index (χ0n) is 7.78. The molecule has 1 aromatic carbocycles. The molecule has 0 unspecified atom stereocenters. The second kappa shape index (κ2) is 3.94. The van der Waals surface area contributed by atoms with E-state index in [0.717, 1.165) is 6.26 Å². The first kappa shape index (κ1) is 12.2. The Balaban J connectivity index is 2.97. The molecular weight excluding hydrogens is 241 g/mol. The van der Waals surface area contributed by atoms with Gasteiger partial charge in [0, 0.05) is 5.69 Å². The van der Waals surface area contributed by atoms with Crippen molar-refractivity contribution in [3.05, 3.63) is 24.3 Å². The smallest absolute Gasteiger partial charge is 0.321 e. The number of rotatable bonds is 3. The van der Waals surface area contributed by atoms with E-state index in [2.05, 4.69) is 4.72 Å². The maximum Gasteiger partial charge on any atom is 0.356 e. The standard InChI is InChI=1S/C7H10NO5PS/c1-15(12,13)8-6-2-4-7(5-3-6)14(9,10)11/h2-5,8H,1H3,(H2,9,10,11). The number of sulfonamides is 1. The summed E-state index contributed by atoms with van der Waals surface area (Å²) in [6.07, 6.45) is 0.990. The van der Waals surface area contributed by atoms with Crippen LogP contribution in [-0.2, 0) is 14.6 Å². The minimum atomic E-state index is -4.27. The van der Waals surface area contributed by atoms with Crippen molar-refractivity contribution in [2.75, 3.05) is 11.0 Å². The van der Waals surface area contributed by atoms with Gasteiger partial charge in [-0.3, -0.25) is 9.29 Å². The van der Waals surface area contributed by atoms with Crippen molar-refractivity contribution in [2.24, 2.45) is 0 Å². The largest absolute Gasteiger partial charge is 0.356 e. The van der Waals surface area contributed by atoms with E-state index in [1.165, 1.54) is 24.3 Å². The highest BCUT2D eigenvalue weighted by atomic mass is 32.2. The molecule has 3 N–H and O–H groups in total. The molecule has 0 radical (unpaired) electrons. The molecule has 0 saturated carbocycles. The van der Waals surface area contributed by atoms with Crippen molar-refractivity contribution in [2.45, 2.75) is 0 Å². The molecular formula is C7H10NO5PS. The highest BCUT2D eigenvalue weighted by Gasteiger charge is 2.16. The molecule has 0 fully saturated rings. The van der Waals surface area contributed by atoms with Crippen LogP contribution < -0.4 is 10.0 Å². The van der Waals surface area contributed by atoms with Gasteiger partial charge in [0.15, 0.2) is 0 Å². The molecule has 1 aromatic rings. The van der Waals surface area contributed by atoms with Crippen LogP contribution in [0.2, 0.25) is 0 Å². The van der Waals surface area contributed by atoms with Crippen LogP contribution in [0.1, 0.15) is 0 Å². The summed E-state index contributed by atoms with van der Waals surface area (Å²) < 4.78 is 34.6. The third-order valence-electron chi connectivity index (χ3n) is 1.51. The summed E-state index contributed by atoms with van der Waals surface area (Å²) in [5.74, 6) is 0. The summed E-state index contributed by atoms with van der Waals surface area (Å²) in [6, 6.07) is 4.92. The second-order valence-electron chi connectivity index (χ2n) is 2.97. The Morgan fingerprint density at radius 1 is 1.20 bits per heavy atom. The molecule has 0 spiro atoms. The monoisotopic (exact) mass is 251 g/mol. The predicted octanol–water partition coefficient (Wildman–Crippen LogP) is -0.139. The molecule has 1 rings (SSSR count). The normalized spacial score (nSPS) is 12.5. The molecule has 0 bridgehead atoms. The molecule has 0 aromatic heterocycles. The quantitative estimate of drug-likeness (QED) is 0.649. The Morgan fingerprint density at radius 3 is 2.00 bits per heavy atom. The maximum absolute atomic E-state index is 10.8. The SMILES string of the molecule is CS(=O)(=O)Nc1ccc(P(=O)(O)O)cc1. The van der Waals surface area contributed by atoms with E-state index in [9.17, 15) is 13.0 Å². The molecule has 0 aliphatic rings. The summed E-state index contributed by atoms with van der Waals surface area (Å²) in [5.41, 5.74) is 0.259. The summed E-state index contributed by atoms with van der Waals surface area (Å²) in [7, 11) is -7.64. The molecule has 6 nitrogen and oxygen atoms in total. The number of hydrogen-bond donors (Lipinski definition) is 3. The van der Waals surface area contributed by atoms with Crippen LogP contribution >= 0.6 is 7.60 Å². The number of nitrogens with one attached hydrogen (secondary N) is 1. The lowest BCUT2D eigenvalue weighted by atomic mass is 10.3. The summed E-state index contributed by atoms with van der Waals surface area (Å²) in [6.45, 7) is 0. The predicted molar refractivity (Wildman–Crippen MR) is 56.6 cm³/mol. The second-order valence-corrected chi connectivity index (χ2v) is 6.32. The van der Waals surface area contributed by atoms with Crippen molar-refractivity contribution in [1.82, 2.24) is 0 Å². The van der Waals surface area contributed by atoms with Crippen LogP contribution in [0.15, 0.2) is 24.3 Å². The molecule has 0 amide bonds. The van der Waals surface area contributed by atoms with Gasteiger partial charge in [-0.2, -0.15) is 0 Å². The molecule has 15 heavy (non-hydrogen) atoms. The van der Waals surface area contributed by atoms with Gasteiger partial charge >= 0.3 is 7.60 Å². The molecule has 0 atom stereocenters. The van der Waals surface area contributed by atoms with E-state index >= 15 is 0 Å². The van der Waals surface area contributed by atoms with Gasteiger partial charge < -0.3 is 9.79 Å². The van der Waals surface area contributed by atoms with Gasteiger partial charge in [-0.1, -0.05) is 0 Å². The average molecular weight is 251 g/mol. The van der Waals surface area contributed by atoms with Crippen LogP contribution in [0.25, 0.3) is 0 Å². The van der Waals surface area contributed by atoms with Crippen molar-refractivity contribution in [1.29, 1.82) is 0 Å². The molecule has 0 aliphatic heterocycles. The molecule has 0 saturated heterocycles. The van der Waals surface area contributed by atoms with Gasteiger partial charge in [-0.25, -0.2) is 8.42 Å². The summed E-state index contributed by atoms with van der Waals surface area (Å²) >= 11 is 0. The van der Waals surface area contributed by atoms with Crippen molar-refractivity contribution in [3.63, 3.8) is 0 Å². The maximum atomic E-state index is 10.8. The fourth-order valence-corrected chi connectivity index (χ4v) is 2.04. The van der Waals surface area contributed by atoms with Gasteiger partial charge in [0.05, 0.1) is 11.6 Å². The first-order valence-electron chi connectivity index (χ1n) is 3.82. The van der Waals surface area contributed by atoms with Crippen molar-refractivity contribution >= 4 is 28.6 Å². The van der Waals surface area contributed by atoms with E-state index < -0.39 is 17.6 Å². The van der Waals surface area contributed by atoms with Gasteiger partial charge in [0.2, 0.25) is 10.0 Å². The summed E-state index contributed by atoms with van der Waals surface area (Å²) in [4.78, 5) is 17.6. The lowest BCUT2D eigenvalue weighted by Crippen LogP contribution is -2.10. The van der Waals surface area contributed by atoms with Crippen LogP contribution in [-0.4, -0.2) is 24.5 Å². The van der Waals surface area contributed by atoms with Gasteiger partial charge in [0.1, 0.15) is 0 Å². The van der Waals surface area contributed by atoms with Crippen LogP contribution in [0, 0.1) is 0 Å². The van der Waals surface area contributed by atoms with E-state index in [0.29, 0.717) is 0 Å². The Hall–Kier alpha value is -0.880. The van der Waals surface area contributed by atoms with Crippen LogP contribution in [0.3, 0.4) is 0 Å². The lowest BCUT2D eigenvalue weighted by Gasteiger charge is -2.06. The third-order valence-corrected chi connectivity index (χ3v) is 3.08. The molecule has 0 aliphatic carbocycles. The van der Waals surface area contributed by atoms with Gasteiger partial charge in [-0.05, 0) is 24.3 Å². The third kappa shape index (κ3) is 4.01. The van der Waals surface area contributed by atoms with E-state index in [-0.39, 0.29) is 11.0 Å². The van der Waals surface area contributed by atoms with Crippen LogP contribution in [0.5, 0.6) is 0 Å². The fourth-order valence-electron chi connectivity index (χ4n) is 0.938. The Morgan fingerprint density at radius 2 is 1.67 bits per heavy atom. The number of benzene rings is 1.